The molecule has 2 amide bonds. The number of nitrogens with one attached hydrogen (secondary N) is 1. The van der Waals surface area contributed by atoms with Crippen molar-refractivity contribution in [2.24, 2.45) is 5.73 Å². The highest BCUT2D eigenvalue weighted by Crippen LogP contribution is 2.29. The summed E-state index contributed by atoms with van der Waals surface area (Å²) in [6.07, 6.45) is 4.11. The average molecular weight is 541 g/mol. The van der Waals surface area contributed by atoms with Crippen molar-refractivity contribution in [3.05, 3.63) is 80.4 Å². The molecule has 0 radical (unpaired) electrons. The molecule has 2 unspecified atom stereocenters. The lowest BCUT2D eigenvalue weighted by atomic mass is 9.91. The summed E-state index contributed by atoms with van der Waals surface area (Å²) in [7, 11) is 0. The second-order valence-electron chi connectivity index (χ2n) is 10.1. The van der Waals surface area contributed by atoms with Gasteiger partial charge in [-0.05, 0) is 72.7 Å². The van der Waals surface area contributed by atoms with Gasteiger partial charge in [0.15, 0.2) is 0 Å². The number of benzene rings is 1. The Balaban J connectivity index is 1.37. The SMILES string of the molecule is NC1CCC(NC(=O)C2CC(N(Cc3ccc(F)cc3)Cc3cccs3)CN2C(=O)c2cccs2)CC1. The molecule has 0 bridgehead atoms. The summed E-state index contributed by atoms with van der Waals surface area (Å²) >= 11 is 3.09. The van der Waals surface area contributed by atoms with Crippen LogP contribution in [0.25, 0.3) is 0 Å². The van der Waals surface area contributed by atoms with Crippen LogP contribution in [-0.4, -0.2) is 52.3 Å². The van der Waals surface area contributed by atoms with E-state index in [1.807, 2.05) is 23.6 Å². The standard InChI is InChI=1S/C28H33FN4O2S2/c29-20-7-5-19(6-8-20)16-32(18-24-3-1-13-36-24)23-15-25(27(34)31-22-11-9-21(30)10-12-22)33(17-23)28(35)26-4-2-14-37-26/h1-8,13-14,21-23,25H,9-12,15-18,30H2,(H,31,34). The normalized spacial score (nSPS) is 23.9. The molecule has 37 heavy (non-hydrogen) atoms. The number of likely N-dealkylation sites (tertiary alicyclic amines) is 1. The van der Waals surface area contributed by atoms with Gasteiger partial charge in [-0.1, -0.05) is 24.3 Å². The largest absolute Gasteiger partial charge is 0.352 e. The maximum Gasteiger partial charge on any atom is 0.264 e. The van der Waals surface area contributed by atoms with Gasteiger partial charge in [0.2, 0.25) is 5.91 Å². The van der Waals surface area contributed by atoms with Crippen molar-refractivity contribution in [1.82, 2.24) is 15.1 Å². The highest BCUT2D eigenvalue weighted by Gasteiger charge is 2.43. The molecule has 3 N–H and O–H groups in total. The topological polar surface area (TPSA) is 78.7 Å². The number of rotatable bonds is 8. The van der Waals surface area contributed by atoms with Crippen LogP contribution in [0.3, 0.4) is 0 Å². The van der Waals surface area contributed by atoms with Crippen molar-refractivity contribution in [3.8, 4) is 0 Å². The van der Waals surface area contributed by atoms with E-state index in [1.165, 1.54) is 28.3 Å². The van der Waals surface area contributed by atoms with Crippen LogP contribution >= 0.6 is 22.7 Å². The molecule has 1 aliphatic heterocycles. The van der Waals surface area contributed by atoms with Gasteiger partial charge in [-0.2, -0.15) is 0 Å². The Morgan fingerprint density at radius 3 is 2.41 bits per heavy atom. The summed E-state index contributed by atoms with van der Waals surface area (Å²) in [5.41, 5.74) is 7.05. The fourth-order valence-corrected chi connectivity index (χ4v) is 6.80. The first kappa shape index (κ1) is 26.0. The third-order valence-corrected chi connectivity index (χ3v) is 9.17. The van der Waals surface area contributed by atoms with Crippen LogP contribution in [-0.2, 0) is 17.9 Å². The lowest BCUT2D eigenvalue weighted by Crippen LogP contribution is -2.50. The third kappa shape index (κ3) is 6.46. The number of nitrogens with zero attached hydrogens (tertiary/aromatic N) is 2. The number of halogens is 1. The van der Waals surface area contributed by atoms with Gasteiger partial charge in [0.1, 0.15) is 11.9 Å². The minimum atomic E-state index is -0.533. The zero-order valence-corrected chi connectivity index (χ0v) is 22.4. The van der Waals surface area contributed by atoms with E-state index < -0.39 is 6.04 Å². The molecule has 2 fully saturated rings. The van der Waals surface area contributed by atoms with Crippen molar-refractivity contribution in [2.75, 3.05) is 6.54 Å². The van der Waals surface area contributed by atoms with E-state index in [2.05, 4.69) is 21.7 Å². The van der Waals surface area contributed by atoms with Crippen molar-refractivity contribution >= 4 is 34.5 Å². The first-order valence-electron chi connectivity index (χ1n) is 12.9. The van der Waals surface area contributed by atoms with Gasteiger partial charge in [0.05, 0.1) is 4.88 Å². The summed E-state index contributed by atoms with van der Waals surface area (Å²) in [5, 5.41) is 7.17. The van der Waals surface area contributed by atoms with Gasteiger partial charge >= 0.3 is 0 Å². The Labute approximate surface area is 225 Å². The van der Waals surface area contributed by atoms with Crippen molar-refractivity contribution < 1.29 is 14.0 Å². The summed E-state index contributed by atoms with van der Waals surface area (Å²) in [6.45, 7) is 1.78. The zero-order chi connectivity index (χ0) is 25.8. The van der Waals surface area contributed by atoms with Gasteiger partial charge in [0, 0.05) is 42.6 Å². The van der Waals surface area contributed by atoms with Gasteiger partial charge in [-0.15, -0.1) is 22.7 Å². The van der Waals surface area contributed by atoms with Crippen LogP contribution in [0.4, 0.5) is 4.39 Å². The Kier molecular flexibility index (Phi) is 8.34. The third-order valence-electron chi connectivity index (χ3n) is 7.45. The number of carbonyl (C=O) groups excluding carboxylic acids is 2. The van der Waals surface area contributed by atoms with E-state index in [1.54, 1.807) is 28.4 Å². The molecule has 2 atom stereocenters. The maximum absolute atomic E-state index is 13.6. The summed E-state index contributed by atoms with van der Waals surface area (Å²) in [6, 6.07) is 14.1. The highest BCUT2D eigenvalue weighted by molar-refractivity contribution is 7.12. The van der Waals surface area contributed by atoms with Gasteiger partial charge < -0.3 is 16.0 Å². The van der Waals surface area contributed by atoms with E-state index in [0.29, 0.717) is 30.9 Å². The highest BCUT2D eigenvalue weighted by atomic mass is 32.1. The number of nitrogens with two attached hydrogens (primary N) is 1. The Hall–Kier alpha value is -2.59. The van der Waals surface area contributed by atoms with Gasteiger partial charge in [0.25, 0.3) is 5.91 Å². The summed E-state index contributed by atoms with van der Waals surface area (Å²) < 4.78 is 13.6. The first-order chi connectivity index (χ1) is 18.0. The number of hydrogen-bond acceptors (Lipinski definition) is 6. The van der Waals surface area contributed by atoms with Crippen LogP contribution in [0, 0.1) is 5.82 Å². The van der Waals surface area contributed by atoms with Gasteiger partial charge in [-0.3, -0.25) is 14.5 Å². The molecule has 2 aromatic heterocycles. The smallest absolute Gasteiger partial charge is 0.264 e. The number of amides is 2. The molecule has 5 rings (SSSR count). The van der Waals surface area contributed by atoms with Crippen LogP contribution in [0.5, 0.6) is 0 Å². The molecule has 9 heteroatoms. The quantitative estimate of drug-likeness (QED) is 0.437. The molecule has 1 aliphatic carbocycles. The minimum absolute atomic E-state index is 0.00778. The number of hydrogen-bond donors (Lipinski definition) is 2. The van der Waals surface area contributed by atoms with E-state index in [0.717, 1.165) is 31.2 Å². The Morgan fingerprint density at radius 1 is 1.00 bits per heavy atom. The predicted molar refractivity (Wildman–Crippen MR) is 146 cm³/mol. The molecule has 196 valence electrons. The second kappa shape index (κ2) is 11.9. The monoisotopic (exact) mass is 540 g/mol. The lowest BCUT2D eigenvalue weighted by molar-refractivity contribution is -0.125. The van der Waals surface area contributed by atoms with E-state index >= 15 is 0 Å². The van der Waals surface area contributed by atoms with E-state index in [4.69, 9.17) is 5.73 Å². The summed E-state index contributed by atoms with van der Waals surface area (Å²) in [5.74, 6) is -0.436. The van der Waals surface area contributed by atoms with Crippen molar-refractivity contribution in [3.63, 3.8) is 0 Å². The summed E-state index contributed by atoms with van der Waals surface area (Å²) in [4.78, 5) is 33.0. The van der Waals surface area contributed by atoms with Crippen molar-refractivity contribution in [2.45, 2.75) is 69.4 Å². The number of carbonyl (C=O) groups is 2. The van der Waals surface area contributed by atoms with E-state index in [-0.39, 0.29) is 35.8 Å². The molecule has 3 aromatic rings. The fraction of sp³-hybridized carbons (Fsp3) is 0.429. The fourth-order valence-electron chi connectivity index (χ4n) is 5.40. The molecule has 1 aromatic carbocycles. The number of thiophene rings is 2. The van der Waals surface area contributed by atoms with Crippen LogP contribution in [0.2, 0.25) is 0 Å². The van der Waals surface area contributed by atoms with Crippen molar-refractivity contribution in [1.29, 1.82) is 0 Å². The predicted octanol–water partition coefficient (Wildman–Crippen LogP) is 4.62. The molecular weight excluding hydrogens is 507 g/mol. The second-order valence-corrected chi connectivity index (χ2v) is 12.1. The average Bonchev–Trinajstić information content (AvgIpc) is 3.68. The molecule has 1 saturated carbocycles. The van der Waals surface area contributed by atoms with E-state index in [9.17, 15) is 14.0 Å². The molecule has 1 saturated heterocycles. The zero-order valence-electron chi connectivity index (χ0n) is 20.7. The Bertz CT molecular complexity index is 1160. The van der Waals surface area contributed by atoms with Gasteiger partial charge in [-0.25, -0.2) is 4.39 Å². The maximum atomic E-state index is 13.6. The molecule has 2 aliphatic rings. The minimum Gasteiger partial charge on any atom is -0.352 e. The Morgan fingerprint density at radius 2 is 1.73 bits per heavy atom. The molecule has 6 nitrogen and oxygen atoms in total. The van der Waals surface area contributed by atoms with Crippen LogP contribution in [0.1, 0.15) is 52.2 Å². The first-order valence-corrected chi connectivity index (χ1v) is 14.6. The van der Waals surface area contributed by atoms with Crippen LogP contribution in [0.15, 0.2) is 59.3 Å². The van der Waals surface area contributed by atoms with Crippen LogP contribution < -0.4 is 11.1 Å². The lowest BCUT2D eigenvalue weighted by Gasteiger charge is -2.29. The molecule has 3 heterocycles. The molecular formula is C28H33FN4O2S2. The molecule has 0 spiro atoms.